The zero-order valence-electron chi connectivity index (χ0n) is 13.3. The third-order valence-electron chi connectivity index (χ3n) is 4.28. The second-order valence-electron chi connectivity index (χ2n) is 5.54. The lowest BCUT2D eigenvalue weighted by Gasteiger charge is -2.32. The molecule has 1 aliphatic heterocycles. The van der Waals surface area contributed by atoms with Crippen molar-refractivity contribution in [3.63, 3.8) is 0 Å². The number of carbonyl (C=O) groups is 1. The first-order valence-electron chi connectivity index (χ1n) is 7.63. The number of hydrogen-bond acceptors (Lipinski definition) is 6. The fourth-order valence-corrected chi connectivity index (χ4v) is 3.72. The summed E-state index contributed by atoms with van der Waals surface area (Å²) in [5.41, 5.74) is 1.80. The highest BCUT2D eigenvalue weighted by molar-refractivity contribution is 7.07. The van der Waals surface area contributed by atoms with Crippen LogP contribution in [0.4, 0.5) is 5.82 Å². The van der Waals surface area contributed by atoms with Gasteiger partial charge in [0.05, 0.1) is 14.2 Å². The molecule has 0 unspecified atom stereocenters. The van der Waals surface area contributed by atoms with Crippen molar-refractivity contribution in [1.29, 1.82) is 0 Å². The summed E-state index contributed by atoms with van der Waals surface area (Å²) in [5.74, 6) is 1.36. The van der Waals surface area contributed by atoms with E-state index >= 15 is 0 Å². The predicted octanol–water partition coefficient (Wildman–Crippen LogP) is 3.32. The van der Waals surface area contributed by atoms with Crippen LogP contribution in [-0.2, 0) is 4.74 Å². The Hall–Kier alpha value is -2.08. The smallest absolute Gasteiger partial charge is 0.343 e. The average molecular weight is 332 g/mol. The zero-order valence-corrected chi connectivity index (χ0v) is 14.1. The number of piperidine rings is 1. The molecule has 1 aliphatic rings. The Labute approximate surface area is 139 Å². The van der Waals surface area contributed by atoms with E-state index < -0.39 is 5.97 Å². The highest BCUT2D eigenvalue weighted by atomic mass is 32.1. The average Bonchev–Trinajstić information content (AvgIpc) is 3.15. The van der Waals surface area contributed by atoms with E-state index in [2.05, 4.69) is 26.7 Å². The maximum atomic E-state index is 11.7. The van der Waals surface area contributed by atoms with Gasteiger partial charge in [-0.3, -0.25) is 0 Å². The van der Waals surface area contributed by atoms with Crippen LogP contribution in [0.15, 0.2) is 29.0 Å². The minimum atomic E-state index is -0.433. The van der Waals surface area contributed by atoms with Gasteiger partial charge in [-0.15, -0.1) is 0 Å². The molecule has 0 amide bonds. The first-order chi connectivity index (χ1) is 11.2. The van der Waals surface area contributed by atoms with Gasteiger partial charge in [-0.2, -0.15) is 16.3 Å². The molecular weight excluding hydrogens is 312 g/mol. The normalized spacial score (nSPS) is 15.5. The van der Waals surface area contributed by atoms with Gasteiger partial charge in [0, 0.05) is 13.1 Å². The molecule has 3 heterocycles. The van der Waals surface area contributed by atoms with Crippen LogP contribution in [-0.4, -0.2) is 38.3 Å². The molecule has 23 heavy (non-hydrogen) atoms. The monoisotopic (exact) mass is 332 g/mol. The zero-order chi connectivity index (χ0) is 16.2. The first-order valence-corrected chi connectivity index (χ1v) is 8.57. The molecule has 3 rings (SSSR count). The number of pyridine rings is 1. The van der Waals surface area contributed by atoms with E-state index in [4.69, 9.17) is 9.47 Å². The molecule has 1 saturated heterocycles. The third-order valence-corrected chi connectivity index (χ3v) is 4.98. The quantitative estimate of drug-likeness (QED) is 0.804. The van der Waals surface area contributed by atoms with Gasteiger partial charge in [0.15, 0.2) is 0 Å². The fourth-order valence-electron chi connectivity index (χ4n) is 2.98. The summed E-state index contributed by atoms with van der Waals surface area (Å²) in [6, 6.07) is 5.80. The van der Waals surface area contributed by atoms with Crippen molar-refractivity contribution in [2.75, 3.05) is 32.2 Å². The van der Waals surface area contributed by atoms with Crippen LogP contribution in [0.1, 0.15) is 34.7 Å². The third kappa shape index (κ3) is 3.32. The molecule has 0 N–H and O–H groups in total. The number of carbonyl (C=O) groups excluding carboxylic acids is 1. The molecule has 0 saturated carbocycles. The van der Waals surface area contributed by atoms with Crippen LogP contribution in [0.2, 0.25) is 0 Å². The first kappa shape index (κ1) is 15.8. The van der Waals surface area contributed by atoms with Crippen molar-refractivity contribution in [3.8, 4) is 5.88 Å². The summed E-state index contributed by atoms with van der Waals surface area (Å²) in [7, 11) is 2.87. The minimum absolute atomic E-state index is 0.314. The Bertz CT molecular complexity index is 664. The highest BCUT2D eigenvalue weighted by Crippen LogP contribution is 2.32. The topological polar surface area (TPSA) is 51.7 Å². The number of methoxy groups -OCH3 is 2. The molecule has 0 bridgehead atoms. The van der Waals surface area contributed by atoms with Crippen molar-refractivity contribution in [1.82, 2.24) is 4.98 Å². The fraction of sp³-hybridized carbons (Fsp3) is 0.412. The summed E-state index contributed by atoms with van der Waals surface area (Å²) < 4.78 is 9.99. The van der Waals surface area contributed by atoms with E-state index in [-0.39, 0.29) is 0 Å². The summed E-state index contributed by atoms with van der Waals surface area (Å²) >= 11 is 1.76. The molecule has 5 nitrogen and oxygen atoms in total. The van der Waals surface area contributed by atoms with E-state index in [1.165, 1.54) is 19.8 Å². The van der Waals surface area contributed by atoms with Gasteiger partial charge in [-0.1, -0.05) is 0 Å². The number of aromatic nitrogens is 1. The molecule has 0 aliphatic carbocycles. The number of ether oxygens (including phenoxy) is 2. The van der Waals surface area contributed by atoms with Crippen molar-refractivity contribution in [2.45, 2.75) is 18.8 Å². The number of esters is 1. The second-order valence-corrected chi connectivity index (χ2v) is 6.32. The van der Waals surface area contributed by atoms with Crippen molar-refractivity contribution >= 4 is 23.1 Å². The summed E-state index contributed by atoms with van der Waals surface area (Å²) in [6.07, 6.45) is 2.22. The standard InChI is InChI=1S/C17H20N2O3S/c1-21-16-14(17(20)22-2)3-4-15(18-16)19-8-5-12(6-9-19)13-7-10-23-11-13/h3-4,7,10-12H,5-6,8-9H2,1-2H3. The lowest BCUT2D eigenvalue weighted by Crippen LogP contribution is -2.33. The summed E-state index contributed by atoms with van der Waals surface area (Å²) in [6.45, 7) is 1.91. The van der Waals surface area contributed by atoms with Crippen molar-refractivity contribution in [2.24, 2.45) is 0 Å². The van der Waals surface area contributed by atoms with Crippen LogP contribution in [0.3, 0.4) is 0 Å². The SMILES string of the molecule is COC(=O)c1ccc(N2CCC(c3ccsc3)CC2)nc1OC. The molecule has 0 spiro atoms. The van der Waals surface area contributed by atoms with Gasteiger partial charge >= 0.3 is 5.97 Å². The van der Waals surface area contributed by atoms with E-state index in [0.29, 0.717) is 17.4 Å². The molecule has 122 valence electrons. The Morgan fingerprint density at radius 1 is 1.26 bits per heavy atom. The van der Waals surface area contributed by atoms with Gasteiger partial charge in [0.25, 0.3) is 0 Å². The van der Waals surface area contributed by atoms with Crippen LogP contribution in [0.5, 0.6) is 5.88 Å². The molecule has 6 heteroatoms. The molecule has 2 aromatic rings. The van der Waals surface area contributed by atoms with Crippen LogP contribution >= 0.6 is 11.3 Å². The molecule has 0 radical (unpaired) electrons. The maximum absolute atomic E-state index is 11.7. The summed E-state index contributed by atoms with van der Waals surface area (Å²) in [5, 5.41) is 4.38. The highest BCUT2D eigenvalue weighted by Gasteiger charge is 2.23. The van der Waals surface area contributed by atoms with Crippen molar-refractivity contribution in [3.05, 3.63) is 40.1 Å². The Morgan fingerprint density at radius 2 is 2.04 bits per heavy atom. The number of hydrogen-bond donors (Lipinski definition) is 0. The lowest BCUT2D eigenvalue weighted by molar-refractivity contribution is 0.0596. The van der Waals surface area contributed by atoms with Gasteiger partial charge < -0.3 is 14.4 Å². The Balaban J connectivity index is 1.72. The van der Waals surface area contributed by atoms with Gasteiger partial charge in [0.1, 0.15) is 11.4 Å². The largest absolute Gasteiger partial charge is 0.480 e. The molecule has 0 atom stereocenters. The number of rotatable bonds is 4. The van der Waals surface area contributed by atoms with Crippen LogP contribution in [0.25, 0.3) is 0 Å². The van der Waals surface area contributed by atoms with Crippen LogP contribution in [0, 0.1) is 0 Å². The van der Waals surface area contributed by atoms with E-state index in [0.717, 1.165) is 31.7 Å². The minimum Gasteiger partial charge on any atom is -0.480 e. The van der Waals surface area contributed by atoms with E-state index in [1.807, 2.05) is 6.07 Å². The van der Waals surface area contributed by atoms with Gasteiger partial charge in [-0.25, -0.2) is 4.79 Å². The van der Waals surface area contributed by atoms with E-state index in [9.17, 15) is 4.79 Å². The number of thiophene rings is 1. The molecule has 2 aromatic heterocycles. The Morgan fingerprint density at radius 3 is 2.65 bits per heavy atom. The number of nitrogens with zero attached hydrogens (tertiary/aromatic N) is 2. The maximum Gasteiger partial charge on any atom is 0.343 e. The number of anilines is 1. The predicted molar refractivity (Wildman–Crippen MR) is 90.6 cm³/mol. The van der Waals surface area contributed by atoms with Gasteiger partial charge in [0.2, 0.25) is 5.88 Å². The second kappa shape index (κ2) is 7.00. The lowest BCUT2D eigenvalue weighted by atomic mass is 9.91. The summed E-state index contributed by atoms with van der Waals surface area (Å²) in [4.78, 5) is 18.4. The van der Waals surface area contributed by atoms with Gasteiger partial charge in [-0.05, 0) is 53.3 Å². The van der Waals surface area contributed by atoms with Crippen LogP contribution < -0.4 is 9.64 Å². The molecular formula is C17H20N2O3S. The Kier molecular flexibility index (Phi) is 4.81. The van der Waals surface area contributed by atoms with Crippen molar-refractivity contribution < 1.29 is 14.3 Å². The molecule has 0 aromatic carbocycles. The van der Waals surface area contributed by atoms with E-state index in [1.54, 1.807) is 17.4 Å². The molecule has 1 fully saturated rings.